The first-order valence-electron chi connectivity index (χ1n) is 6.32. The summed E-state index contributed by atoms with van der Waals surface area (Å²) in [6.45, 7) is 1.98. The van der Waals surface area contributed by atoms with E-state index in [4.69, 9.17) is 0 Å². The van der Waals surface area contributed by atoms with Gasteiger partial charge in [-0.15, -0.1) is 23.1 Å². The Balaban J connectivity index is 1.78. The number of aromatic nitrogens is 1. The predicted octanol–water partition coefficient (Wildman–Crippen LogP) is 3.88. The molecule has 22 heavy (non-hydrogen) atoms. The molecule has 1 N–H and O–H groups in total. The number of halogens is 3. The van der Waals surface area contributed by atoms with E-state index in [1.165, 1.54) is 11.8 Å². The molecule has 0 saturated carbocycles. The number of thiazole rings is 1. The van der Waals surface area contributed by atoms with Gasteiger partial charge in [-0.1, -0.05) is 17.7 Å². The number of hydrogen-bond donors (Lipinski definition) is 1. The highest BCUT2D eigenvalue weighted by Crippen LogP contribution is 2.29. The van der Waals surface area contributed by atoms with Gasteiger partial charge >= 0.3 is 6.18 Å². The van der Waals surface area contributed by atoms with Crippen LogP contribution in [0.4, 0.5) is 13.2 Å². The number of carbonyl (C=O) groups is 1. The van der Waals surface area contributed by atoms with Crippen LogP contribution in [-0.4, -0.2) is 16.6 Å². The summed E-state index contributed by atoms with van der Waals surface area (Å²) in [6, 6.07) is 7.75. The molecular weight excluding hydrogens is 333 g/mol. The van der Waals surface area contributed by atoms with Gasteiger partial charge in [0, 0.05) is 10.3 Å². The number of thioether (sulfide) groups is 1. The van der Waals surface area contributed by atoms with Crippen LogP contribution in [0.3, 0.4) is 0 Å². The molecule has 3 nitrogen and oxygen atoms in total. The van der Waals surface area contributed by atoms with Crippen molar-refractivity contribution in [3.8, 4) is 0 Å². The highest BCUT2D eigenvalue weighted by molar-refractivity contribution is 8.00. The second kappa shape index (κ2) is 7.15. The van der Waals surface area contributed by atoms with Crippen molar-refractivity contribution in [1.29, 1.82) is 0 Å². The summed E-state index contributed by atoms with van der Waals surface area (Å²) in [7, 11) is 0. The number of rotatable bonds is 5. The van der Waals surface area contributed by atoms with Gasteiger partial charge in [-0.2, -0.15) is 13.2 Å². The Morgan fingerprint density at radius 1 is 1.32 bits per heavy atom. The second-order valence-electron chi connectivity index (χ2n) is 4.50. The summed E-state index contributed by atoms with van der Waals surface area (Å²) >= 11 is 2.25. The van der Waals surface area contributed by atoms with Crippen LogP contribution in [-0.2, 0) is 17.5 Å². The number of alkyl halides is 3. The standard InChI is InChI=1S/C14H13F3N2OS2/c1-9-2-4-10(5-3-9)21-8-12(20)18-6-13-19-11(7-22-13)14(15,16)17/h2-5,7H,6,8H2,1H3,(H,18,20). The third-order valence-electron chi connectivity index (χ3n) is 2.67. The molecule has 0 unspecified atom stereocenters. The molecule has 0 bridgehead atoms. The lowest BCUT2D eigenvalue weighted by Crippen LogP contribution is -2.24. The summed E-state index contributed by atoms with van der Waals surface area (Å²) in [5, 5.41) is 3.75. The number of aryl methyl sites for hydroxylation is 1. The van der Waals surface area contributed by atoms with E-state index in [1.807, 2.05) is 31.2 Å². The molecule has 2 aromatic rings. The summed E-state index contributed by atoms with van der Waals surface area (Å²) in [6.07, 6.45) is -4.44. The van der Waals surface area contributed by atoms with E-state index in [1.54, 1.807) is 0 Å². The topological polar surface area (TPSA) is 42.0 Å². The van der Waals surface area contributed by atoms with Gasteiger partial charge in [0.2, 0.25) is 5.91 Å². The number of nitrogens with zero attached hydrogens (tertiary/aromatic N) is 1. The van der Waals surface area contributed by atoms with Crippen molar-refractivity contribution in [2.45, 2.75) is 24.5 Å². The quantitative estimate of drug-likeness (QED) is 0.836. The van der Waals surface area contributed by atoms with Crippen LogP contribution >= 0.6 is 23.1 Å². The Hall–Kier alpha value is -1.54. The number of amides is 1. The molecule has 0 atom stereocenters. The summed E-state index contributed by atoms with van der Waals surface area (Å²) < 4.78 is 37.2. The van der Waals surface area contributed by atoms with E-state index in [-0.39, 0.29) is 23.2 Å². The average molecular weight is 346 g/mol. The van der Waals surface area contributed by atoms with Crippen LogP contribution in [0.2, 0.25) is 0 Å². The third kappa shape index (κ3) is 5.03. The molecule has 118 valence electrons. The fourth-order valence-corrected chi connectivity index (χ4v) is 3.00. The van der Waals surface area contributed by atoms with E-state index in [2.05, 4.69) is 10.3 Å². The van der Waals surface area contributed by atoms with Crippen molar-refractivity contribution in [2.75, 3.05) is 5.75 Å². The first-order valence-corrected chi connectivity index (χ1v) is 8.19. The largest absolute Gasteiger partial charge is 0.434 e. The second-order valence-corrected chi connectivity index (χ2v) is 6.49. The lowest BCUT2D eigenvalue weighted by molar-refractivity contribution is -0.140. The van der Waals surface area contributed by atoms with Crippen molar-refractivity contribution < 1.29 is 18.0 Å². The SMILES string of the molecule is Cc1ccc(SCC(=O)NCc2nc(C(F)(F)F)cs2)cc1. The van der Waals surface area contributed by atoms with E-state index in [0.29, 0.717) is 0 Å². The Morgan fingerprint density at radius 3 is 2.59 bits per heavy atom. The maximum absolute atomic E-state index is 12.4. The zero-order valence-corrected chi connectivity index (χ0v) is 13.2. The van der Waals surface area contributed by atoms with Crippen molar-refractivity contribution in [3.05, 3.63) is 45.9 Å². The molecule has 1 aromatic carbocycles. The monoisotopic (exact) mass is 346 g/mol. The predicted molar refractivity (Wildman–Crippen MR) is 80.9 cm³/mol. The Bertz CT molecular complexity index is 638. The molecule has 1 aromatic heterocycles. The van der Waals surface area contributed by atoms with Crippen LogP contribution in [0, 0.1) is 6.92 Å². The van der Waals surface area contributed by atoms with Gasteiger partial charge in [-0.25, -0.2) is 4.98 Å². The van der Waals surface area contributed by atoms with Gasteiger partial charge in [0.25, 0.3) is 0 Å². The zero-order chi connectivity index (χ0) is 16.2. The summed E-state index contributed by atoms with van der Waals surface area (Å²) in [5.41, 5.74) is 0.216. The van der Waals surface area contributed by atoms with Gasteiger partial charge in [-0.05, 0) is 19.1 Å². The van der Waals surface area contributed by atoms with Crippen LogP contribution in [0.25, 0.3) is 0 Å². The Kier molecular flexibility index (Phi) is 5.47. The fourth-order valence-electron chi connectivity index (χ4n) is 1.53. The maximum atomic E-state index is 12.4. The van der Waals surface area contributed by atoms with Gasteiger partial charge in [0.15, 0.2) is 5.69 Å². The minimum Gasteiger partial charge on any atom is -0.349 e. The molecule has 0 aliphatic rings. The lowest BCUT2D eigenvalue weighted by Gasteiger charge is -2.04. The molecule has 2 rings (SSSR count). The van der Waals surface area contributed by atoms with E-state index in [0.717, 1.165) is 27.2 Å². The molecule has 0 aliphatic carbocycles. The Morgan fingerprint density at radius 2 is 2.00 bits per heavy atom. The number of hydrogen-bond acceptors (Lipinski definition) is 4. The molecule has 1 amide bonds. The lowest BCUT2D eigenvalue weighted by atomic mass is 10.2. The molecule has 0 fully saturated rings. The molecule has 1 heterocycles. The van der Waals surface area contributed by atoms with Crippen molar-refractivity contribution in [3.63, 3.8) is 0 Å². The highest BCUT2D eigenvalue weighted by Gasteiger charge is 2.33. The number of carbonyl (C=O) groups excluding carboxylic acids is 1. The smallest absolute Gasteiger partial charge is 0.349 e. The highest BCUT2D eigenvalue weighted by atomic mass is 32.2. The normalized spacial score (nSPS) is 11.5. The van der Waals surface area contributed by atoms with Crippen molar-refractivity contribution in [1.82, 2.24) is 10.3 Å². The van der Waals surface area contributed by atoms with E-state index in [9.17, 15) is 18.0 Å². The number of nitrogens with one attached hydrogen (secondary N) is 1. The van der Waals surface area contributed by atoms with Gasteiger partial charge in [0.05, 0.1) is 12.3 Å². The Labute approximate surface area is 134 Å². The summed E-state index contributed by atoms with van der Waals surface area (Å²) in [5.74, 6) is -0.0325. The van der Waals surface area contributed by atoms with Gasteiger partial charge < -0.3 is 5.32 Å². The minimum absolute atomic E-state index is 0.00797. The molecular formula is C14H13F3N2OS2. The van der Waals surface area contributed by atoms with Crippen LogP contribution < -0.4 is 5.32 Å². The molecule has 8 heteroatoms. The van der Waals surface area contributed by atoms with Crippen molar-refractivity contribution in [2.24, 2.45) is 0 Å². The van der Waals surface area contributed by atoms with Crippen LogP contribution in [0.5, 0.6) is 0 Å². The molecule has 0 spiro atoms. The minimum atomic E-state index is -4.44. The zero-order valence-electron chi connectivity index (χ0n) is 11.6. The van der Waals surface area contributed by atoms with E-state index < -0.39 is 11.9 Å². The maximum Gasteiger partial charge on any atom is 0.434 e. The first-order chi connectivity index (χ1) is 10.3. The van der Waals surface area contributed by atoms with Gasteiger partial charge in [0.1, 0.15) is 5.01 Å². The van der Waals surface area contributed by atoms with Crippen molar-refractivity contribution >= 4 is 29.0 Å². The average Bonchev–Trinajstić information content (AvgIpc) is 2.93. The first kappa shape index (κ1) is 16.8. The number of benzene rings is 1. The molecule has 0 aliphatic heterocycles. The summed E-state index contributed by atoms with van der Waals surface area (Å²) in [4.78, 5) is 16.1. The van der Waals surface area contributed by atoms with Crippen LogP contribution in [0.15, 0.2) is 34.5 Å². The van der Waals surface area contributed by atoms with E-state index >= 15 is 0 Å². The molecule has 0 radical (unpaired) electrons. The van der Waals surface area contributed by atoms with Crippen LogP contribution in [0.1, 0.15) is 16.3 Å². The molecule has 0 saturated heterocycles. The third-order valence-corrected chi connectivity index (χ3v) is 4.53. The van der Waals surface area contributed by atoms with Gasteiger partial charge in [-0.3, -0.25) is 4.79 Å². The fraction of sp³-hybridized carbons (Fsp3) is 0.286.